The lowest BCUT2D eigenvalue weighted by atomic mass is 10.1. The molecule has 4 rings (SSSR count). The van der Waals surface area contributed by atoms with E-state index in [0.29, 0.717) is 24.4 Å². The number of nitro groups is 1. The zero-order valence-electron chi connectivity index (χ0n) is 16.1. The van der Waals surface area contributed by atoms with Gasteiger partial charge in [-0.15, -0.1) is 0 Å². The van der Waals surface area contributed by atoms with E-state index < -0.39 is 10.5 Å². The lowest BCUT2D eigenvalue weighted by Crippen LogP contribution is -2.41. The maximum absolute atomic E-state index is 13.2. The van der Waals surface area contributed by atoms with Crippen molar-refractivity contribution in [2.75, 3.05) is 6.54 Å². The molecular weight excluding hydrogens is 457 g/mol. The minimum absolute atomic E-state index is 0.148. The van der Waals surface area contributed by atoms with Gasteiger partial charge in [0.2, 0.25) is 0 Å². The average Bonchev–Trinajstić information content (AvgIpc) is 3.23. The third kappa shape index (κ3) is 4.40. The first-order valence-electron chi connectivity index (χ1n) is 9.27. The van der Waals surface area contributed by atoms with Crippen molar-refractivity contribution in [1.29, 1.82) is 0 Å². The van der Waals surface area contributed by atoms with Crippen LogP contribution in [0.4, 0.5) is 10.2 Å². The summed E-state index contributed by atoms with van der Waals surface area (Å²) in [6.07, 6.45) is 1.30. The van der Waals surface area contributed by atoms with Gasteiger partial charge in [0, 0.05) is 41.1 Å². The van der Waals surface area contributed by atoms with Crippen LogP contribution in [0.2, 0.25) is 0 Å². The Balaban J connectivity index is 1.45. The van der Waals surface area contributed by atoms with E-state index in [1.807, 2.05) is 12.1 Å². The van der Waals surface area contributed by atoms with Crippen LogP contribution in [-0.2, 0) is 19.6 Å². The highest BCUT2D eigenvalue weighted by Gasteiger charge is 2.31. The van der Waals surface area contributed by atoms with E-state index in [1.54, 1.807) is 19.1 Å². The molecule has 8 nitrogen and oxygen atoms in total. The van der Waals surface area contributed by atoms with Crippen LogP contribution in [0.3, 0.4) is 0 Å². The lowest BCUT2D eigenvalue weighted by Gasteiger charge is -2.28. The number of pyridine rings is 1. The number of fused-ring (bicyclic) bond motifs is 1. The van der Waals surface area contributed by atoms with Crippen LogP contribution >= 0.6 is 15.9 Å². The monoisotopic (exact) mass is 475 g/mol. The van der Waals surface area contributed by atoms with Gasteiger partial charge in [-0.1, -0.05) is 6.07 Å². The lowest BCUT2D eigenvalue weighted by molar-refractivity contribution is -0.389. The van der Waals surface area contributed by atoms with Crippen LogP contribution in [-0.4, -0.2) is 41.6 Å². The van der Waals surface area contributed by atoms with Crippen LogP contribution in [0.25, 0.3) is 11.3 Å². The highest BCUT2D eigenvalue weighted by atomic mass is 79.9. The summed E-state index contributed by atoms with van der Waals surface area (Å²) in [5.41, 5.74) is 2.48. The third-order valence-corrected chi connectivity index (χ3v) is 5.59. The molecule has 0 amide bonds. The number of hydrogen-bond acceptors (Lipinski definition) is 6. The zero-order chi connectivity index (χ0) is 21.5. The largest absolute Gasteiger partial charge is 0.387 e. The summed E-state index contributed by atoms with van der Waals surface area (Å²) in [7, 11) is 0. The number of hydrogen-bond donors (Lipinski definition) is 1. The van der Waals surface area contributed by atoms with Crippen molar-refractivity contribution < 1.29 is 14.4 Å². The fraction of sp³-hybridized carbons (Fsp3) is 0.300. The first kappa shape index (κ1) is 20.6. The van der Waals surface area contributed by atoms with Crippen molar-refractivity contribution in [3.05, 3.63) is 74.5 Å². The Morgan fingerprint density at radius 2 is 1.93 bits per heavy atom. The average molecular weight is 476 g/mol. The van der Waals surface area contributed by atoms with E-state index in [4.69, 9.17) is 4.98 Å². The molecule has 1 atom stereocenters. The Bertz CT molecular complexity index is 1100. The number of aromatic nitrogens is 3. The van der Waals surface area contributed by atoms with Crippen LogP contribution in [0, 0.1) is 15.9 Å². The molecule has 156 valence electrons. The van der Waals surface area contributed by atoms with Gasteiger partial charge in [-0.25, -0.2) is 4.39 Å². The minimum Gasteiger partial charge on any atom is -0.387 e. The minimum atomic E-state index is -1.14. The second kappa shape index (κ2) is 7.86. The predicted molar refractivity (Wildman–Crippen MR) is 111 cm³/mol. The number of β-amino-alcohol motifs (C(OH)–C–C–N with tert-alkyl or cyclic N) is 1. The molecule has 2 aromatic heterocycles. The Morgan fingerprint density at radius 3 is 2.60 bits per heavy atom. The van der Waals surface area contributed by atoms with Crippen LogP contribution in [0.1, 0.15) is 18.2 Å². The van der Waals surface area contributed by atoms with Crippen molar-refractivity contribution in [2.45, 2.75) is 32.2 Å². The van der Waals surface area contributed by atoms with E-state index in [2.05, 4.69) is 25.8 Å². The first-order valence-corrected chi connectivity index (χ1v) is 10.1. The highest BCUT2D eigenvalue weighted by Crippen LogP contribution is 2.27. The van der Waals surface area contributed by atoms with Gasteiger partial charge in [-0.05, 0) is 52.7 Å². The normalized spacial score (nSPS) is 15.7. The van der Waals surface area contributed by atoms with Crippen molar-refractivity contribution in [3.8, 4) is 11.3 Å². The highest BCUT2D eigenvalue weighted by molar-refractivity contribution is 9.10. The van der Waals surface area contributed by atoms with Crippen LogP contribution in [0.5, 0.6) is 0 Å². The topological polar surface area (TPSA) is 97.3 Å². The van der Waals surface area contributed by atoms with Crippen molar-refractivity contribution in [2.24, 2.45) is 0 Å². The van der Waals surface area contributed by atoms with E-state index in [0.717, 1.165) is 22.5 Å². The van der Waals surface area contributed by atoms with Crippen molar-refractivity contribution in [1.82, 2.24) is 19.4 Å². The third-order valence-electron chi connectivity index (χ3n) is 4.95. The summed E-state index contributed by atoms with van der Waals surface area (Å²) < 4.78 is 15.0. The van der Waals surface area contributed by atoms with Gasteiger partial charge in [0.15, 0.2) is 0 Å². The van der Waals surface area contributed by atoms with Gasteiger partial charge in [0.05, 0.1) is 23.5 Å². The van der Waals surface area contributed by atoms with Gasteiger partial charge in [0.1, 0.15) is 12.0 Å². The molecule has 30 heavy (non-hydrogen) atoms. The summed E-state index contributed by atoms with van der Waals surface area (Å²) >= 11 is 3.20. The fourth-order valence-corrected chi connectivity index (χ4v) is 4.10. The number of aliphatic hydroxyl groups is 1. The molecule has 0 unspecified atom stereocenters. The van der Waals surface area contributed by atoms with Gasteiger partial charge >= 0.3 is 5.82 Å². The van der Waals surface area contributed by atoms with Crippen LogP contribution in [0.15, 0.2) is 47.3 Å². The first-order chi connectivity index (χ1) is 14.2. The Hall–Kier alpha value is -2.69. The smallest absolute Gasteiger partial charge is 0.382 e. The molecule has 0 fully saturated rings. The summed E-state index contributed by atoms with van der Waals surface area (Å²) in [5, 5.41) is 21.8. The summed E-state index contributed by atoms with van der Waals surface area (Å²) in [5.74, 6) is -0.563. The van der Waals surface area contributed by atoms with Gasteiger partial charge in [0.25, 0.3) is 4.73 Å². The van der Waals surface area contributed by atoms with Crippen LogP contribution < -0.4 is 0 Å². The molecule has 0 saturated heterocycles. The Kier molecular flexibility index (Phi) is 5.39. The van der Waals surface area contributed by atoms with E-state index in [1.165, 1.54) is 22.9 Å². The molecule has 1 aliphatic rings. The molecule has 1 aromatic carbocycles. The summed E-state index contributed by atoms with van der Waals surface area (Å²) in [6.45, 7) is 3.41. The molecular formula is C20H19BrFN5O3. The van der Waals surface area contributed by atoms with E-state index in [9.17, 15) is 19.6 Å². The summed E-state index contributed by atoms with van der Waals surface area (Å²) in [6, 6.07) is 10.1. The molecule has 1 N–H and O–H groups in total. The molecule has 0 spiro atoms. The molecule has 3 aromatic rings. The quantitative estimate of drug-likeness (QED) is 0.432. The zero-order valence-corrected chi connectivity index (χ0v) is 17.7. The number of rotatable bonds is 6. The van der Waals surface area contributed by atoms with Gasteiger partial charge in [-0.2, -0.15) is 0 Å². The fourth-order valence-electron chi connectivity index (χ4n) is 3.69. The second-order valence-electron chi connectivity index (χ2n) is 7.70. The van der Waals surface area contributed by atoms with Crippen molar-refractivity contribution in [3.63, 3.8) is 0 Å². The molecule has 0 radical (unpaired) electrons. The van der Waals surface area contributed by atoms with E-state index >= 15 is 0 Å². The standard InChI is InChI=1S/C20H19BrFN5O3/c1-20(28,12-26-10-18(27(29)30)24-19(26)21)11-25-8-14-4-7-16(23-17(14)9-25)13-2-5-15(22)6-3-13/h2-7,10,28H,8-9,11-12H2,1H3/t20-/m0/s1. The molecule has 0 bridgehead atoms. The molecule has 1 aliphatic heterocycles. The van der Waals surface area contributed by atoms with E-state index in [-0.39, 0.29) is 18.2 Å². The second-order valence-corrected chi connectivity index (χ2v) is 8.41. The SMILES string of the molecule is C[C@](O)(CN1Cc2ccc(-c3ccc(F)cc3)nc2C1)Cn1cc([N+](=O)[O-])nc1Br. The predicted octanol–water partition coefficient (Wildman–Crippen LogP) is 3.52. The maximum Gasteiger partial charge on any atom is 0.382 e. The molecule has 0 saturated carbocycles. The maximum atomic E-state index is 13.2. The number of nitrogens with zero attached hydrogens (tertiary/aromatic N) is 5. The number of benzene rings is 1. The van der Waals surface area contributed by atoms with Crippen molar-refractivity contribution >= 4 is 21.7 Å². The van der Waals surface area contributed by atoms with Gasteiger partial charge in [-0.3, -0.25) is 14.5 Å². The molecule has 10 heteroatoms. The van der Waals surface area contributed by atoms with Gasteiger partial charge < -0.3 is 15.2 Å². The Labute approximate surface area is 180 Å². The molecule has 0 aliphatic carbocycles. The Morgan fingerprint density at radius 1 is 1.20 bits per heavy atom. The summed E-state index contributed by atoms with van der Waals surface area (Å²) in [4.78, 5) is 20.9. The number of imidazole rings is 1. The number of halogens is 2. The molecule has 3 heterocycles.